The maximum Gasteiger partial charge on any atom is 0.255 e. The van der Waals surface area contributed by atoms with Gasteiger partial charge in [-0.1, -0.05) is 29.3 Å². The van der Waals surface area contributed by atoms with E-state index in [0.29, 0.717) is 43.6 Å². The average molecular weight is 575 g/mol. The van der Waals surface area contributed by atoms with Crippen molar-refractivity contribution in [3.63, 3.8) is 0 Å². The van der Waals surface area contributed by atoms with Gasteiger partial charge >= 0.3 is 0 Å². The van der Waals surface area contributed by atoms with Gasteiger partial charge in [0, 0.05) is 27.1 Å². The number of hydrogen-bond donors (Lipinski definition) is 2. The number of nitrogens with zero attached hydrogens (tertiary/aromatic N) is 1. The molecule has 190 valence electrons. The highest BCUT2D eigenvalue weighted by Crippen LogP contribution is 2.31. The summed E-state index contributed by atoms with van der Waals surface area (Å²) in [7, 11) is 3.05. The molecule has 3 aromatic carbocycles. The highest BCUT2D eigenvalue weighted by Gasteiger charge is 2.12. The number of anilines is 2. The monoisotopic (exact) mass is 573 g/mol. The number of benzene rings is 3. The Morgan fingerprint density at radius 2 is 1.68 bits per heavy atom. The topological polar surface area (TPSA) is 89.5 Å². The Balaban J connectivity index is 1.29. The molecule has 0 saturated carbocycles. The summed E-state index contributed by atoms with van der Waals surface area (Å²) in [5.74, 6) is 0.781. The number of thiazole rings is 1. The van der Waals surface area contributed by atoms with Gasteiger partial charge in [-0.15, -0.1) is 23.1 Å². The van der Waals surface area contributed by atoms with Crippen molar-refractivity contribution < 1.29 is 19.1 Å². The van der Waals surface area contributed by atoms with Gasteiger partial charge in [-0.3, -0.25) is 9.59 Å². The van der Waals surface area contributed by atoms with Crippen molar-refractivity contribution in [1.82, 2.24) is 4.98 Å². The number of methoxy groups -OCH3 is 2. The number of hydrogen-bond acceptors (Lipinski definition) is 7. The molecule has 0 aliphatic rings. The van der Waals surface area contributed by atoms with Crippen LogP contribution in [0.5, 0.6) is 11.5 Å². The SMILES string of the molecule is COc1ccc(C(=O)Nc2ccc(SCC(=O)Nc3nc(-c4ccc(Cl)c(Cl)c4)cs3)cc2)cc1OC. The second-order valence-corrected chi connectivity index (χ2v) is 10.3. The minimum atomic E-state index is -0.274. The van der Waals surface area contributed by atoms with Crippen molar-refractivity contribution in [3.8, 4) is 22.8 Å². The van der Waals surface area contributed by atoms with Gasteiger partial charge in [0.25, 0.3) is 5.91 Å². The molecule has 0 bridgehead atoms. The first-order valence-electron chi connectivity index (χ1n) is 10.8. The number of carbonyl (C=O) groups is 2. The molecule has 0 radical (unpaired) electrons. The molecule has 0 saturated heterocycles. The maximum atomic E-state index is 12.6. The molecule has 4 aromatic rings. The zero-order valence-electron chi connectivity index (χ0n) is 19.7. The van der Waals surface area contributed by atoms with E-state index in [4.69, 9.17) is 32.7 Å². The molecule has 1 aromatic heterocycles. The maximum absolute atomic E-state index is 12.6. The van der Waals surface area contributed by atoms with Crippen molar-refractivity contribution >= 4 is 68.9 Å². The van der Waals surface area contributed by atoms with Crippen LogP contribution in [0, 0.1) is 0 Å². The summed E-state index contributed by atoms with van der Waals surface area (Å²) in [5.41, 5.74) is 2.60. The van der Waals surface area contributed by atoms with E-state index in [1.165, 1.54) is 37.3 Å². The van der Waals surface area contributed by atoms with E-state index in [0.717, 1.165) is 10.5 Å². The summed E-state index contributed by atoms with van der Waals surface area (Å²) in [6.07, 6.45) is 0. The van der Waals surface area contributed by atoms with Crippen molar-refractivity contribution in [3.05, 3.63) is 81.7 Å². The lowest BCUT2D eigenvalue weighted by Crippen LogP contribution is -2.13. The Hall–Kier alpha value is -3.24. The number of amides is 2. The van der Waals surface area contributed by atoms with E-state index in [1.54, 1.807) is 42.5 Å². The van der Waals surface area contributed by atoms with Crippen LogP contribution in [0.3, 0.4) is 0 Å². The molecule has 4 rings (SSSR count). The van der Waals surface area contributed by atoms with Gasteiger partial charge in [0.1, 0.15) is 0 Å². The largest absolute Gasteiger partial charge is 0.493 e. The van der Waals surface area contributed by atoms with Gasteiger partial charge in [-0.25, -0.2) is 4.98 Å². The average Bonchev–Trinajstić information content (AvgIpc) is 3.37. The lowest BCUT2D eigenvalue weighted by Gasteiger charge is -2.10. The van der Waals surface area contributed by atoms with E-state index in [2.05, 4.69) is 15.6 Å². The van der Waals surface area contributed by atoms with Crippen LogP contribution in [-0.2, 0) is 4.79 Å². The first-order chi connectivity index (χ1) is 17.9. The fourth-order valence-electron chi connectivity index (χ4n) is 3.24. The van der Waals surface area contributed by atoms with Gasteiger partial charge in [0.05, 0.1) is 35.7 Å². The minimum absolute atomic E-state index is 0.175. The number of carbonyl (C=O) groups excluding carboxylic acids is 2. The Labute approximate surface area is 232 Å². The standard InChI is InChI=1S/C26H21Cl2N3O4S2/c1-34-22-10-4-16(12-23(22)35-2)25(33)29-17-5-7-18(8-6-17)36-14-24(32)31-26-30-21(13-37-26)15-3-9-19(27)20(28)11-15/h3-13H,14H2,1-2H3,(H,29,33)(H,30,31,32). The molecule has 7 nitrogen and oxygen atoms in total. The molecule has 0 atom stereocenters. The molecule has 0 aliphatic carbocycles. The van der Waals surface area contributed by atoms with Crippen LogP contribution in [0.1, 0.15) is 10.4 Å². The Morgan fingerprint density at radius 1 is 0.919 bits per heavy atom. The normalized spacial score (nSPS) is 10.6. The summed E-state index contributed by atoms with van der Waals surface area (Å²) in [4.78, 5) is 30.3. The van der Waals surface area contributed by atoms with Crippen LogP contribution in [-0.4, -0.2) is 36.8 Å². The summed E-state index contributed by atoms with van der Waals surface area (Å²) < 4.78 is 10.5. The smallest absolute Gasteiger partial charge is 0.255 e. The lowest BCUT2D eigenvalue weighted by atomic mass is 10.2. The van der Waals surface area contributed by atoms with E-state index in [-0.39, 0.29) is 17.6 Å². The summed E-state index contributed by atoms with van der Waals surface area (Å²) >= 11 is 14.8. The van der Waals surface area contributed by atoms with Crippen LogP contribution in [0.15, 0.2) is 70.9 Å². The molecule has 0 spiro atoms. The first kappa shape index (κ1) is 26.8. The third kappa shape index (κ3) is 6.95. The fraction of sp³-hybridized carbons (Fsp3) is 0.115. The van der Waals surface area contributed by atoms with E-state index < -0.39 is 0 Å². The van der Waals surface area contributed by atoms with Crippen LogP contribution < -0.4 is 20.1 Å². The zero-order chi connectivity index (χ0) is 26.4. The highest BCUT2D eigenvalue weighted by molar-refractivity contribution is 8.00. The van der Waals surface area contributed by atoms with Gasteiger partial charge < -0.3 is 20.1 Å². The van der Waals surface area contributed by atoms with Crippen molar-refractivity contribution in [2.24, 2.45) is 0 Å². The molecular formula is C26H21Cl2N3O4S2. The molecular weight excluding hydrogens is 553 g/mol. The lowest BCUT2D eigenvalue weighted by molar-refractivity contribution is -0.113. The van der Waals surface area contributed by atoms with Gasteiger partial charge in [0.15, 0.2) is 16.6 Å². The second kappa shape index (κ2) is 12.3. The molecule has 37 heavy (non-hydrogen) atoms. The van der Waals surface area contributed by atoms with E-state index in [1.807, 2.05) is 23.6 Å². The molecule has 2 amide bonds. The number of thioether (sulfide) groups is 1. The van der Waals surface area contributed by atoms with Gasteiger partial charge in [-0.05, 0) is 54.6 Å². The molecule has 0 aliphatic heterocycles. The summed E-state index contributed by atoms with van der Waals surface area (Å²) in [5, 5.41) is 8.92. The molecule has 0 fully saturated rings. The van der Waals surface area contributed by atoms with Gasteiger partial charge in [-0.2, -0.15) is 0 Å². The second-order valence-electron chi connectivity index (χ2n) is 7.55. The van der Waals surface area contributed by atoms with Crippen molar-refractivity contribution in [2.75, 3.05) is 30.6 Å². The third-order valence-corrected chi connectivity index (χ3v) is 7.60. The molecule has 1 heterocycles. The Kier molecular flexibility index (Phi) is 8.94. The summed E-state index contributed by atoms with van der Waals surface area (Å²) in [6.45, 7) is 0. The van der Waals surface area contributed by atoms with E-state index in [9.17, 15) is 9.59 Å². The molecule has 11 heteroatoms. The molecule has 0 unspecified atom stereocenters. The predicted molar refractivity (Wildman–Crippen MR) is 151 cm³/mol. The third-order valence-electron chi connectivity index (χ3n) is 5.09. The van der Waals surface area contributed by atoms with Gasteiger partial charge in [0.2, 0.25) is 5.91 Å². The number of aromatic nitrogens is 1. The van der Waals surface area contributed by atoms with E-state index >= 15 is 0 Å². The van der Waals surface area contributed by atoms with Crippen molar-refractivity contribution in [2.45, 2.75) is 4.90 Å². The fourth-order valence-corrected chi connectivity index (χ4v) is 4.97. The van der Waals surface area contributed by atoms with Crippen molar-refractivity contribution in [1.29, 1.82) is 0 Å². The highest BCUT2D eigenvalue weighted by atomic mass is 35.5. The first-order valence-corrected chi connectivity index (χ1v) is 13.5. The Bertz CT molecular complexity index is 1430. The van der Waals surface area contributed by atoms with Crippen LogP contribution >= 0.6 is 46.3 Å². The van der Waals surface area contributed by atoms with Crippen LogP contribution in [0.4, 0.5) is 10.8 Å². The number of ether oxygens (including phenoxy) is 2. The number of nitrogens with one attached hydrogen (secondary N) is 2. The van der Waals surface area contributed by atoms with Crippen LogP contribution in [0.25, 0.3) is 11.3 Å². The molecule has 2 N–H and O–H groups in total. The number of halogens is 2. The zero-order valence-corrected chi connectivity index (χ0v) is 22.9. The predicted octanol–water partition coefficient (Wildman–Crippen LogP) is 7.12. The Morgan fingerprint density at radius 3 is 2.38 bits per heavy atom. The number of rotatable bonds is 9. The summed E-state index contributed by atoms with van der Waals surface area (Å²) in [6, 6.07) is 17.5. The quantitative estimate of drug-likeness (QED) is 0.207. The van der Waals surface area contributed by atoms with Crippen LogP contribution in [0.2, 0.25) is 10.0 Å². The minimum Gasteiger partial charge on any atom is -0.493 e.